The van der Waals surface area contributed by atoms with Gasteiger partial charge in [0.2, 0.25) is 5.91 Å². The highest BCUT2D eigenvalue weighted by molar-refractivity contribution is 7.15. The predicted molar refractivity (Wildman–Crippen MR) is 114 cm³/mol. The molecule has 3 heterocycles. The van der Waals surface area contributed by atoms with Crippen LogP contribution in [0.5, 0.6) is 0 Å². The molecule has 0 bridgehead atoms. The van der Waals surface area contributed by atoms with Crippen molar-refractivity contribution in [1.82, 2.24) is 10.1 Å². The lowest BCUT2D eigenvalue weighted by Gasteiger charge is -2.18. The number of thiophene rings is 1. The van der Waals surface area contributed by atoms with Crippen molar-refractivity contribution in [3.63, 3.8) is 0 Å². The van der Waals surface area contributed by atoms with E-state index in [0.717, 1.165) is 23.4 Å². The third-order valence-electron chi connectivity index (χ3n) is 5.99. The Hall–Kier alpha value is -2.47. The number of aromatic nitrogens is 2. The number of hydrogen-bond acceptors (Lipinski definition) is 5. The van der Waals surface area contributed by atoms with Gasteiger partial charge in [0.15, 0.2) is 5.82 Å². The third kappa shape index (κ3) is 3.50. The summed E-state index contributed by atoms with van der Waals surface area (Å²) in [6.07, 6.45) is 5.25. The lowest BCUT2D eigenvalue weighted by Crippen LogP contribution is -2.24. The summed E-state index contributed by atoms with van der Waals surface area (Å²) in [6.45, 7) is 4.92. The highest BCUT2D eigenvalue weighted by Crippen LogP contribution is 2.37. The Morgan fingerprint density at radius 1 is 1.21 bits per heavy atom. The Kier molecular flexibility index (Phi) is 4.74. The molecule has 1 unspecified atom stereocenters. The van der Waals surface area contributed by atoms with E-state index in [1.54, 1.807) is 11.3 Å². The molecule has 5 rings (SSSR count). The number of carbonyl (C=O) groups excluding carboxylic acids is 1. The molecule has 29 heavy (non-hydrogen) atoms. The summed E-state index contributed by atoms with van der Waals surface area (Å²) in [5.74, 6) is 1.75. The maximum Gasteiger partial charge on any atom is 0.268 e. The Balaban J connectivity index is 1.36. The summed E-state index contributed by atoms with van der Waals surface area (Å²) < 4.78 is 5.59. The summed E-state index contributed by atoms with van der Waals surface area (Å²) in [5.41, 5.74) is 3.63. The van der Waals surface area contributed by atoms with Gasteiger partial charge in [-0.05, 0) is 60.9 Å². The Bertz CT molecular complexity index is 1030. The molecule has 1 atom stereocenters. The average molecular weight is 408 g/mol. The van der Waals surface area contributed by atoms with Crippen molar-refractivity contribution in [1.29, 1.82) is 0 Å². The van der Waals surface area contributed by atoms with Crippen LogP contribution in [0, 0.1) is 0 Å². The summed E-state index contributed by atoms with van der Waals surface area (Å²) in [6, 6.07) is 10.5. The van der Waals surface area contributed by atoms with Crippen molar-refractivity contribution in [2.75, 3.05) is 11.4 Å². The standard InChI is InChI=1S/C23H25N3O2S/c1-14(2)15-7-5-8-18(10-15)26-13-17(12-21(26)27)22-24-23(28-25-22)20-11-16-6-3-4-9-19(16)29-20/h5,7-8,10-11,14,17H,3-4,6,9,12-13H2,1-2H3. The Labute approximate surface area is 174 Å². The molecule has 6 heteroatoms. The van der Waals surface area contributed by atoms with Gasteiger partial charge < -0.3 is 9.42 Å². The predicted octanol–water partition coefficient (Wildman–Crippen LogP) is 5.32. The van der Waals surface area contributed by atoms with Crippen LogP contribution in [0.3, 0.4) is 0 Å². The zero-order valence-electron chi connectivity index (χ0n) is 16.9. The molecule has 2 aromatic heterocycles. The molecule has 0 saturated carbocycles. The van der Waals surface area contributed by atoms with E-state index in [2.05, 4.69) is 42.2 Å². The van der Waals surface area contributed by atoms with E-state index in [1.807, 2.05) is 17.0 Å². The van der Waals surface area contributed by atoms with Gasteiger partial charge in [0.1, 0.15) is 0 Å². The first-order chi connectivity index (χ1) is 14.1. The van der Waals surface area contributed by atoms with Crippen LogP contribution in [0.15, 0.2) is 34.9 Å². The van der Waals surface area contributed by atoms with Gasteiger partial charge in [-0.3, -0.25) is 4.79 Å². The zero-order chi connectivity index (χ0) is 20.0. The van der Waals surface area contributed by atoms with Crippen molar-refractivity contribution < 1.29 is 9.32 Å². The fraction of sp³-hybridized carbons (Fsp3) is 0.435. The molecule has 0 N–H and O–H groups in total. The molecule has 1 amide bonds. The number of carbonyl (C=O) groups is 1. The molecule has 3 aromatic rings. The van der Waals surface area contributed by atoms with E-state index < -0.39 is 0 Å². The van der Waals surface area contributed by atoms with Crippen molar-refractivity contribution >= 4 is 22.9 Å². The van der Waals surface area contributed by atoms with Gasteiger partial charge in [0.05, 0.1) is 4.88 Å². The number of benzene rings is 1. The van der Waals surface area contributed by atoms with Crippen LogP contribution in [0.25, 0.3) is 10.8 Å². The van der Waals surface area contributed by atoms with Crippen molar-refractivity contribution in [3.8, 4) is 10.8 Å². The minimum atomic E-state index is -0.0303. The third-order valence-corrected chi connectivity index (χ3v) is 7.21. The van der Waals surface area contributed by atoms with Crippen LogP contribution in [0.2, 0.25) is 0 Å². The lowest BCUT2D eigenvalue weighted by atomic mass is 9.99. The van der Waals surface area contributed by atoms with Gasteiger partial charge in [-0.2, -0.15) is 4.98 Å². The highest BCUT2D eigenvalue weighted by atomic mass is 32.1. The zero-order valence-corrected chi connectivity index (χ0v) is 17.7. The van der Waals surface area contributed by atoms with Crippen molar-refractivity contribution in [2.24, 2.45) is 0 Å². The summed E-state index contributed by atoms with van der Waals surface area (Å²) in [4.78, 5) is 21.7. The van der Waals surface area contributed by atoms with Crippen LogP contribution >= 0.6 is 11.3 Å². The number of anilines is 1. The van der Waals surface area contributed by atoms with Crippen LogP contribution in [0.4, 0.5) is 5.69 Å². The molecule has 0 radical (unpaired) electrons. The molecule has 1 aliphatic heterocycles. The molecule has 1 fully saturated rings. The number of hydrogen-bond donors (Lipinski definition) is 0. The second-order valence-corrected chi connectivity index (χ2v) is 9.52. The number of aryl methyl sites for hydroxylation is 2. The first kappa shape index (κ1) is 18.6. The molecule has 1 saturated heterocycles. The molecule has 150 valence electrons. The summed E-state index contributed by atoms with van der Waals surface area (Å²) in [5, 5.41) is 4.23. The van der Waals surface area contributed by atoms with E-state index >= 15 is 0 Å². The topological polar surface area (TPSA) is 59.2 Å². The minimum Gasteiger partial charge on any atom is -0.333 e. The van der Waals surface area contributed by atoms with Gasteiger partial charge in [0, 0.05) is 29.4 Å². The fourth-order valence-corrected chi connectivity index (χ4v) is 5.45. The van der Waals surface area contributed by atoms with E-state index in [1.165, 1.54) is 28.8 Å². The lowest BCUT2D eigenvalue weighted by molar-refractivity contribution is -0.117. The average Bonchev–Trinajstić information content (AvgIpc) is 3.45. The van der Waals surface area contributed by atoms with E-state index in [4.69, 9.17) is 4.52 Å². The highest BCUT2D eigenvalue weighted by Gasteiger charge is 2.35. The second-order valence-electron chi connectivity index (χ2n) is 8.38. The van der Waals surface area contributed by atoms with Crippen LogP contribution < -0.4 is 4.90 Å². The largest absolute Gasteiger partial charge is 0.333 e. The van der Waals surface area contributed by atoms with Crippen molar-refractivity contribution in [2.45, 2.75) is 57.8 Å². The molecule has 1 aliphatic carbocycles. The molecule has 0 spiro atoms. The maximum absolute atomic E-state index is 12.7. The smallest absolute Gasteiger partial charge is 0.268 e. The van der Waals surface area contributed by atoms with Crippen LogP contribution in [0.1, 0.15) is 66.8 Å². The van der Waals surface area contributed by atoms with E-state index in [9.17, 15) is 4.79 Å². The molecule has 5 nitrogen and oxygen atoms in total. The number of amides is 1. The maximum atomic E-state index is 12.7. The van der Waals surface area contributed by atoms with Gasteiger partial charge in [-0.25, -0.2) is 0 Å². The van der Waals surface area contributed by atoms with E-state index in [0.29, 0.717) is 30.6 Å². The summed E-state index contributed by atoms with van der Waals surface area (Å²) >= 11 is 1.77. The molecule has 2 aliphatic rings. The van der Waals surface area contributed by atoms with Crippen molar-refractivity contribution in [3.05, 3.63) is 52.2 Å². The quantitative estimate of drug-likeness (QED) is 0.587. The molecular formula is C23H25N3O2S. The van der Waals surface area contributed by atoms with Gasteiger partial charge >= 0.3 is 0 Å². The Morgan fingerprint density at radius 3 is 2.90 bits per heavy atom. The fourth-order valence-electron chi connectivity index (χ4n) is 4.28. The number of fused-ring (bicyclic) bond motifs is 1. The summed E-state index contributed by atoms with van der Waals surface area (Å²) in [7, 11) is 0. The van der Waals surface area contributed by atoms with Gasteiger partial charge in [-0.1, -0.05) is 31.1 Å². The molecule has 1 aromatic carbocycles. The Morgan fingerprint density at radius 2 is 2.07 bits per heavy atom. The first-order valence-electron chi connectivity index (χ1n) is 10.4. The number of rotatable bonds is 4. The van der Waals surface area contributed by atoms with E-state index in [-0.39, 0.29) is 11.8 Å². The second kappa shape index (κ2) is 7.41. The first-order valence-corrected chi connectivity index (χ1v) is 11.3. The minimum absolute atomic E-state index is 0.0303. The normalized spacial score (nSPS) is 19.2. The van der Waals surface area contributed by atoms with Gasteiger partial charge in [0.25, 0.3) is 5.89 Å². The van der Waals surface area contributed by atoms with Crippen LogP contribution in [-0.4, -0.2) is 22.6 Å². The van der Waals surface area contributed by atoms with Gasteiger partial charge in [-0.15, -0.1) is 11.3 Å². The SMILES string of the molecule is CC(C)c1cccc(N2CC(c3noc(-c4cc5c(s4)CCCC5)n3)CC2=O)c1. The van der Waals surface area contributed by atoms with Crippen LogP contribution in [-0.2, 0) is 17.6 Å². The monoisotopic (exact) mass is 407 g/mol. The molecular weight excluding hydrogens is 382 g/mol. The number of nitrogens with zero attached hydrogens (tertiary/aromatic N) is 3.